The molecule has 126 valence electrons. The number of pyridine rings is 1. The molecule has 0 saturated carbocycles. The van der Waals surface area contributed by atoms with E-state index in [2.05, 4.69) is 4.98 Å². The molecule has 0 bridgehead atoms. The van der Waals surface area contributed by atoms with Crippen molar-refractivity contribution >= 4 is 27.2 Å². The van der Waals surface area contributed by atoms with Gasteiger partial charge in [0, 0.05) is 11.9 Å². The molecule has 0 spiro atoms. The van der Waals surface area contributed by atoms with Crippen molar-refractivity contribution in [1.82, 2.24) is 9.55 Å². The molecule has 0 saturated heterocycles. The summed E-state index contributed by atoms with van der Waals surface area (Å²) < 4.78 is 33.7. The summed E-state index contributed by atoms with van der Waals surface area (Å²) in [6.45, 7) is 7.00. The SMILES string of the molecule is Cc1cc2ncc(COS(C)(=O)=O)cc2n1C(=O)OC(C)(C)C. The Labute approximate surface area is 135 Å². The Morgan fingerprint density at radius 2 is 1.96 bits per heavy atom. The molecule has 0 N–H and O–H groups in total. The second-order valence-electron chi connectivity index (χ2n) is 6.32. The highest BCUT2D eigenvalue weighted by Gasteiger charge is 2.21. The lowest BCUT2D eigenvalue weighted by atomic mass is 10.2. The molecule has 0 aliphatic carbocycles. The highest BCUT2D eigenvalue weighted by molar-refractivity contribution is 7.85. The molecule has 8 heteroatoms. The Morgan fingerprint density at radius 3 is 2.52 bits per heavy atom. The first-order chi connectivity index (χ1) is 10.5. The van der Waals surface area contributed by atoms with Crippen LogP contribution in [0, 0.1) is 6.92 Å². The van der Waals surface area contributed by atoms with Gasteiger partial charge >= 0.3 is 6.09 Å². The van der Waals surface area contributed by atoms with Crippen LogP contribution in [0.25, 0.3) is 11.0 Å². The number of nitrogens with zero attached hydrogens (tertiary/aromatic N) is 2. The Morgan fingerprint density at radius 1 is 1.30 bits per heavy atom. The zero-order valence-corrected chi connectivity index (χ0v) is 14.6. The van der Waals surface area contributed by atoms with E-state index in [1.54, 1.807) is 39.8 Å². The average Bonchev–Trinajstić information content (AvgIpc) is 2.68. The van der Waals surface area contributed by atoms with Crippen LogP contribution < -0.4 is 0 Å². The molecule has 0 aromatic carbocycles. The number of aromatic nitrogens is 2. The Kier molecular flexibility index (Phi) is 4.50. The second-order valence-corrected chi connectivity index (χ2v) is 7.96. The summed E-state index contributed by atoms with van der Waals surface area (Å²) in [5.41, 5.74) is 1.78. The molecule has 0 radical (unpaired) electrons. The van der Waals surface area contributed by atoms with Crippen molar-refractivity contribution in [3.63, 3.8) is 0 Å². The van der Waals surface area contributed by atoms with Crippen LogP contribution in [0.1, 0.15) is 32.0 Å². The number of fused-ring (bicyclic) bond motifs is 1. The molecular formula is C15H20N2O5S. The predicted octanol–water partition coefficient (Wildman–Crippen LogP) is 2.60. The van der Waals surface area contributed by atoms with Gasteiger partial charge in [-0.05, 0) is 45.4 Å². The highest BCUT2D eigenvalue weighted by atomic mass is 32.2. The van der Waals surface area contributed by atoms with E-state index >= 15 is 0 Å². The molecule has 0 aliphatic rings. The largest absolute Gasteiger partial charge is 0.443 e. The number of hydrogen-bond acceptors (Lipinski definition) is 6. The molecule has 0 aliphatic heterocycles. The van der Waals surface area contributed by atoms with Gasteiger partial charge < -0.3 is 4.74 Å². The van der Waals surface area contributed by atoms with Gasteiger partial charge in [-0.15, -0.1) is 0 Å². The predicted molar refractivity (Wildman–Crippen MR) is 85.7 cm³/mol. The summed E-state index contributed by atoms with van der Waals surface area (Å²) in [5, 5.41) is 0. The first-order valence-electron chi connectivity index (χ1n) is 7.01. The summed E-state index contributed by atoms with van der Waals surface area (Å²) in [5.74, 6) is 0. The van der Waals surface area contributed by atoms with Crippen molar-refractivity contribution in [1.29, 1.82) is 0 Å². The maximum Gasteiger partial charge on any atom is 0.419 e. The first kappa shape index (κ1) is 17.4. The molecule has 23 heavy (non-hydrogen) atoms. The van der Waals surface area contributed by atoms with E-state index in [1.807, 2.05) is 0 Å². The monoisotopic (exact) mass is 340 g/mol. The number of hydrogen-bond donors (Lipinski definition) is 0. The van der Waals surface area contributed by atoms with Crippen LogP contribution in [-0.2, 0) is 25.6 Å². The fourth-order valence-corrected chi connectivity index (χ4v) is 2.40. The molecule has 7 nitrogen and oxygen atoms in total. The number of carbonyl (C=O) groups excluding carboxylic acids is 1. The summed E-state index contributed by atoms with van der Waals surface area (Å²) in [6.07, 6.45) is 1.99. The zero-order chi connectivity index (χ0) is 17.4. The van der Waals surface area contributed by atoms with Crippen LogP contribution in [-0.4, -0.2) is 35.9 Å². The maximum atomic E-state index is 12.4. The Hall–Kier alpha value is -1.93. The lowest BCUT2D eigenvalue weighted by molar-refractivity contribution is 0.0541. The minimum absolute atomic E-state index is 0.139. The van der Waals surface area contributed by atoms with Crippen molar-refractivity contribution in [2.75, 3.05) is 6.26 Å². The van der Waals surface area contributed by atoms with E-state index in [0.717, 1.165) is 6.26 Å². The van der Waals surface area contributed by atoms with E-state index in [4.69, 9.17) is 8.92 Å². The number of carbonyl (C=O) groups is 1. The molecule has 0 unspecified atom stereocenters. The summed E-state index contributed by atoms with van der Waals surface area (Å²) in [7, 11) is -3.55. The average molecular weight is 340 g/mol. The number of aryl methyl sites for hydroxylation is 1. The van der Waals surface area contributed by atoms with Crippen molar-refractivity contribution in [2.45, 2.75) is 39.9 Å². The smallest absolute Gasteiger partial charge is 0.419 e. The van der Waals surface area contributed by atoms with E-state index < -0.39 is 21.8 Å². The van der Waals surface area contributed by atoms with Crippen LogP contribution in [0.4, 0.5) is 4.79 Å². The zero-order valence-electron chi connectivity index (χ0n) is 13.8. The molecule has 0 amide bonds. The van der Waals surface area contributed by atoms with Gasteiger partial charge in [0.25, 0.3) is 10.1 Å². The van der Waals surface area contributed by atoms with Gasteiger partial charge in [0.2, 0.25) is 0 Å². The quantitative estimate of drug-likeness (QED) is 0.798. The third kappa shape index (κ3) is 4.52. The van der Waals surface area contributed by atoms with Crippen LogP contribution in [0.2, 0.25) is 0 Å². The van der Waals surface area contributed by atoms with E-state index in [0.29, 0.717) is 22.3 Å². The number of rotatable bonds is 3. The van der Waals surface area contributed by atoms with Gasteiger partial charge in [-0.2, -0.15) is 8.42 Å². The lowest BCUT2D eigenvalue weighted by Crippen LogP contribution is -2.27. The van der Waals surface area contributed by atoms with Crippen molar-refractivity contribution in [2.24, 2.45) is 0 Å². The third-order valence-electron chi connectivity index (χ3n) is 2.91. The van der Waals surface area contributed by atoms with Gasteiger partial charge in [0.1, 0.15) is 5.60 Å². The van der Waals surface area contributed by atoms with E-state index in [1.165, 1.54) is 10.8 Å². The molecule has 2 aromatic rings. The Bertz CT molecular complexity index is 847. The molecule has 2 rings (SSSR count). The van der Waals surface area contributed by atoms with Crippen molar-refractivity contribution < 1.29 is 22.1 Å². The fraction of sp³-hybridized carbons (Fsp3) is 0.467. The highest BCUT2D eigenvalue weighted by Crippen LogP contribution is 2.21. The molecule has 0 fully saturated rings. The first-order valence-corrected chi connectivity index (χ1v) is 8.83. The molecule has 0 atom stereocenters. The Balaban J connectivity index is 2.41. The van der Waals surface area contributed by atoms with E-state index in [-0.39, 0.29) is 6.61 Å². The maximum absolute atomic E-state index is 12.4. The van der Waals surface area contributed by atoms with Crippen LogP contribution in [0.5, 0.6) is 0 Å². The van der Waals surface area contributed by atoms with Crippen LogP contribution >= 0.6 is 0 Å². The third-order valence-corrected chi connectivity index (χ3v) is 3.45. The van der Waals surface area contributed by atoms with Crippen LogP contribution in [0.15, 0.2) is 18.3 Å². The van der Waals surface area contributed by atoms with Gasteiger partial charge in [-0.3, -0.25) is 9.17 Å². The molecular weight excluding hydrogens is 320 g/mol. The summed E-state index contributed by atoms with van der Waals surface area (Å²) >= 11 is 0. The van der Waals surface area contributed by atoms with E-state index in [9.17, 15) is 13.2 Å². The minimum atomic E-state index is -3.55. The minimum Gasteiger partial charge on any atom is -0.443 e. The lowest BCUT2D eigenvalue weighted by Gasteiger charge is -2.20. The topological polar surface area (TPSA) is 87.5 Å². The van der Waals surface area contributed by atoms with Crippen LogP contribution in [0.3, 0.4) is 0 Å². The second kappa shape index (κ2) is 5.93. The van der Waals surface area contributed by atoms with Gasteiger partial charge in [-0.25, -0.2) is 9.36 Å². The normalized spacial score (nSPS) is 12.6. The van der Waals surface area contributed by atoms with Crippen molar-refractivity contribution in [3.05, 3.63) is 29.6 Å². The number of ether oxygens (including phenoxy) is 1. The summed E-state index contributed by atoms with van der Waals surface area (Å²) in [6, 6.07) is 3.44. The van der Waals surface area contributed by atoms with Crippen molar-refractivity contribution in [3.8, 4) is 0 Å². The van der Waals surface area contributed by atoms with Gasteiger partial charge in [0.15, 0.2) is 0 Å². The standard InChI is InChI=1S/C15H20N2O5S/c1-10-6-12-13(17(10)14(18)22-15(2,3)4)7-11(8-16-12)9-21-23(5,19)20/h6-8H,9H2,1-5H3. The van der Waals surface area contributed by atoms with Gasteiger partial charge in [-0.1, -0.05) is 0 Å². The molecule has 2 aromatic heterocycles. The fourth-order valence-electron chi connectivity index (χ4n) is 2.05. The summed E-state index contributed by atoms with van der Waals surface area (Å²) in [4.78, 5) is 16.6. The molecule has 2 heterocycles. The van der Waals surface area contributed by atoms with Gasteiger partial charge in [0.05, 0.1) is 23.9 Å².